The molecule has 8 aromatic carbocycles. The Morgan fingerprint density at radius 2 is 1.04 bits per heavy atom. The Hall–Kier alpha value is -7.34. The number of para-hydroxylation sites is 3. The van der Waals surface area contributed by atoms with Crippen LogP contribution in [0.1, 0.15) is 0 Å². The van der Waals surface area contributed by atoms with Crippen molar-refractivity contribution in [2.45, 2.75) is 0 Å². The zero-order valence-electron chi connectivity index (χ0n) is 30.7. The maximum Gasteiger partial charge on any atom is 0.236 e. The summed E-state index contributed by atoms with van der Waals surface area (Å²) in [7, 11) is 0. The molecule has 0 unspecified atom stereocenters. The highest BCUT2D eigenvalue weighted by atomic mass is 32.1. The molecule has 4 heterocycles. The van der Waals surface area contributed by atoms with Gasteiger partial charge in [0.25, 0.3) is 0 Å². The van der Waals surface area contributed by atoms with Gasteiger partial charge in [0.2, 0.25) is 5.95 Å². The van der Waals surface area contributed by atoms with Crippen LogP contribution in [-0.2, 0) is 0 Å². The maximum absolute atomic E-state index is 5.45. The van der Waals surface area contributed by atoms with E-state index < -0.39 is 0 Å². The third-order valence-corrected chi connectivity index (χ3v) is 12.4. The molecule has 4 nitrogen and oxygen atoms in total. The topological polar surface area (TPSA) is 35.6 Å². The first-order valence-corrected chi connectivity index (χ1v) is 20.1. The summed E-state index contributed by atoms with van der Waals surface area (Å²) in [6.07, 6.45) is 0. The van der Waals surface area contributed by atoms with Gasteiger partial charge in [-0.05, 0) is 70.4 Å². The number of rotatable bonds is 5. The number of benzene rings is 8. The van der Waals surface area contributed by atoms with Crippen LogP contribution in [0.15, 0.2) is 194 Å². The lowest BCUT2D eigenvalue weighted by molar-refractivity contribution is 1.02. The summed E-state index contributed by atoms with van der Waals surface area (Å²) in [6, 6.07) is 69.7. The fourth-order valence-electron chi connectivity index (χ4n) is 8.76. The Balaban J connectivity index is 1.15. The first kappa shape index (κ1) is 32.0. The highest BCUT2D eigenvalue weighted by Gasteiger charge is 2.22. The molecule has 0 saturated carbocycles. The van der Waals surface area contributed by atoms with E-state index in [0.717, 1.165) is 49.1 Å². The molecule has 0 aliphatic rings. The van der Waals surface area contributed by atoms with Gasteiger partial charge in [0.1, 0.15) is 4.83 Å². The number of fused-ring (bicyclic) bond motifs is 8. The molecule has 12 rings (SSSR count). The molecule has 0 amide bonds. The first-order valence-electron chi connectivity index (χ1n) is 19.2. The molecule has 0 bridgehead atoms. The quantitative estimate of drug-likeness (QED) is 0.176. The molecule has 0 radical (unpaired) electrons. The van der Waals surface area contributed by atoms with Gasteiger partial charge in [-0.25, -0.2) is 9.97 Å². The summed E-state index contributed by atoms with van der Waals surface area (Å²) in [4.78, 5) is 13.0. The molecule has 0 spiro atoms. The Morgan fingerprint density at radius 3 is 1.84 bits per heavy atom. The van der Waals surface area contributed by atoms with E-state index >= 15 is 0 Å². The minimum atomic E-state index is 0.664. The summed E-state index contributed by atoms with van der Waals surface area (Å²) in [6.45, 7) is 0. The number of hydrogen-bond donors (Lipinski definition) is 0. The molecule has 0 atom stereocenters. The number of aromatic nitrogens is 4. The highest BCUT2D eigenvalue weighted by Crippen LogP contribution is 2.43. The summed E-state index contributed by atoms with van der Waals surface area (Å²) in [5.41, 5.74) is 11.2. The van der Waals surface area contributed by atoms with Crippen molar-refractivity contribution in [3.63, 3.8) is 0 Å². The molecule has 0 aliphatic heterocycles. The lowest BCUT2D eigenvalue weighted by Crippen LogP contribution is -2.02. The van der Waals surface area contributed by atoms with E-state index in [0.29, 0.717) is 5.95 Å². The predicted octanol–water partition coefficient (Wildman–Crippen LogP) is 14.0. The monoisotopic (exact) mass is 744 g/mol. The van der Waals surface area contributed by atoms with Crippen molar-refractivity contribution >= 4 is 75.9 Å². The molecule has 0 N–H and O–H groups in total. The van der Waals surface area contributed by atoms with Crippen molar-refractivity contribution < 1.29 is 0 Å². The fourth-order valence-corrected chi connectivity index (χ4v) is 9.79. The lowest BCUT2D eigenvalue weighted by Gasteiger charge is -2.12. The molecule has 266 valence electrons. The van der Waals surface area contributed by atoms with E-state index in [9.17, 15) is 0 Å². The van der Waals surface area contributed by atoms with E-state index in [1.165, 1.54) is 54.0 Å². The maximum atomic E-state index is 5.45. The van der Waals surface area contributed by atoms with E-state index in [1.807, 2.05) is 0 Å². The van der Waals surface area contributed by atoms with Crippen LogP contribution < -0.4 is 0 Å². The first-order chi connectivity index (χ1) is 28.3. The van der Waals surface area contributed by atoms with Crippen molar-refractivity contribution in [3.05, 3.63) is 194 Å². The standard InChI is InChI=1S/C52H32N4S/c1-4-15-33(16-5-1)48-32-44-49(34-17-6-2-7-18-34)53-52(54-51(44)57-48)56-46-28-27-37(30-42(46)43-29-35-19-10-11-20-36(35)31-47(43)56)39-24-14-25-41-40-23-12-13-26-45(40)55(50(39)41)38-21-8-3-9-22-38/h1-32H. The summed E-state index contributed by atoms with van der Waals surface area (Å²) < 4.78 is 4.69. The van der Waals surface area contributed by atoms with E-state index in [1.54, 1.807) is 11.3 Å². The fraction of sp³-hybridized carbons (Fsp3) is 0. The average Bonchev–Trinajstić information content (AvgIpc) is 3.96. The molecule has 0 fully saturated rings. The van der Waals surface area contributed by atoms with E-state index in [-0.39, 0.29) is 0 Å². The second-order valence-corrected chi connectivity index (χ2v) is 15.6. The molecule has 0 saturated heterocycles. The normalized spacial score (nSPS) is 11.9. The van der Waals surface area contributed by atoms with Crippen molar-refractivity contribution in [1.29, 1.82) is 0 Å². The minimum Gasteiger partial charge on any atom is -0.309 e. The van der Waals surface area contributed by atoms with Gasteiger partial charge in [0.15, 0.2) is 0 Å². The van der Waals surface area contributed by atoms with Gasteiger partial charge in [-0.15, -0.1) is 11.3 Å². The molecule has 4 aromatic heterocycles. The van der Waals surface area contributed by atoms with Gasteiger partial charge in [0.05, 0.1) is 27.8 Å². The second-order valence-electron chi connectivity index (χ2n) is 14.6. The van der Waals surface area contributed by atoms with Crippen LogP contribution >= 0.6 is 11.3 Å². The predicted molar refractivity (Wildman–Crippen MR) is 240 cm³/mol. The van der Waals surface area contributed by atoms with Crippen molar-refractivity contribution in [2.24, 2.45) is 0 Å². The smallest absolute Gasteiger partial charge is 0.236 e. The third kappa shape index (κ3) is 4.99. The average molecular weight is 745 g/mol. The van der Waals surface area contributed by atoms with Gasteiger partial charge in [-0.3, -0.25) is 4.57 Å². The summed E-state index contributed by atoms with van der Waals surface area (Å²) in [5.74, 6) is 0.664. The SMILES string of the molecule is c1ccc(-c2cc3c(-c4ccccc4)nc(-n4c5ccc(-c6cccc7c8ccccc8n(-c8ccccc8)c67)cc5c5cc6ccccc6cc54)nc3s2)cc1. The Morgan fingerprint density at radius 1 is 0.386 bits per heavy atom. The molecular formula is C52H32N4S. The Kier molecular flexibility index (Phi) is 7.06. The molecule has 12 aromatic rings. The number of thiophene rings is 1. The largest absolute Gasteiger partial charge is 0.309 e. The molecule has 0 aliphatic carbocycles. The summed E-state index contributed by atoms with van der Waals surface area (Å²) >= 11 is 1.72. The van der Waals surface area contributed by atoms with Crippen LogP contribution in [0.3, 0.4) is 0 Å². The van der Waals surface area contributed by atoms with Gasteiger partial charge >= 0.3 is 0 Å². The van der Waals surface area contributed by atoms with Crippen molar-refractivity contribution in [1.82, 2.24) is 19.1 Å². The minimum absolute atomic E-state index is 0.664. The van der Waals surface area contributed by atoms with Gasteiger partial charge in [-0.2, -0.15) is 0 Å². The molecule has 57 heavy (non-hydrogen) atoms. The Bertz CT molecular complexity index is 3510. The zero-order valence-corrected chi connectivity index (χ0v) is 31.5. The van der Waals surface area contributed by atoms with Crippen LogP contribution in [-0.4, -0.2) is 19.1 Å². The van der Waals surface area contributed by atoms with E-state index in [4.69, 9.17) is 9.97 Å². The molecular weight excluding hydrogens is 713 g/mol. The second kappa shape index (κ2) is 12.6. The highest BCUT2D eigenvalue weighted by molar-refractivity contribution is 7.21. The van der Waals surface area contributed by atoms with Crippen molar-refractivity contribution in [3.8, 4) is 44.5 Å². The van der Waals surface area contributed by atoms with Gasteiger partial charge < -0.3 is 4.57 Å². The number of hydrogen-bond acceptors (Lipinski definition) is 3. The van der Waals surface area contributed by atoms with Gasteiger partial charge in [0, 0.05) is 48.6 Å². The summed E-state index contributed by atoms with van der Waals surface area (Å²) in [5, 5.41) is 8.25. The van der Waals surface area contributed by atoms with Crippen LogP contribution in [0, 0.1) is 0 Å². The van der Waals surface area contributed by atoms with Crippen LogP contribution in [0.4, 0.5) is 0 Å². The zero-order chi connectivity index (χ0) is 37.5. The van der Waals surface area contributed by atoms with E-state index in [2.05, 4.69) is 203 Å². The Labute approximate surface area is 332 Å². The van der Waals surface area contributed by atoms with Gasteiger partial charge in [-0.1, -0.05) is 146 Å². The van der Waals surface area contributed by atoms with Crippen LogP contribution in [0.5, 0.6) is 0 Å². The van der Waals surface area contributed by atoms with Crippen LogP contribution in [0.2, 0.25) is 0 Å². The van der Waals surface area contributed by atoms with Crippen LogP contribution in [0.25, 0.3) is 109 Å². The number of nitrogens with zero attached hydrogens (tertiary/aromatic N) is 4. The lowest BCUT2D eigenvalue weighted by atomic mass is 9.99. The van der Waals surface area contributed by atoms with Crippen molar-refractivity contribution in [2.75, 3.05) is 0 Å². The third-order valence-electron chi connectivity index (χ3n) is 11.3. The molecule has 5 heteroatoms.